The zero-order chi connectivity index (χ0) is 17.8. The first kappa shape index (κ1) is 17.1. The number of nitrogens with zero attached hydrogens (tertiary/aromatic N) is 5. The fourth-order valence-corrected chi connectivity index (χ4v) is 3.70. The summed E-state index contributed by atoms with van der Waals surface area (Å²) in [5.74, 6) is 0.901. The molecule has 0 radical (unpaired) electrons. The van der Waals surface area contributed by atoms with E-state index in [9.17, 15) is 0 Å². The molecule has 0 saturated carbocycles. The first-order valence-electron chi connectivity index (χ1n) is 9.15. The van der Waals surface area contributed by atoms with Gasteiger partial charge in [-0.3, -0.25) is 14.5 Å². The number of aromatic nitrogens is 4. The van der Waals surface area contributed by atoms with Crippen molar-refractivity contribution in [1.82, 2.24) is 24.2 Å². The van der Waals surface area contributed by atoms with Gasteiger partial charge in [0, 0.05) is 18.0 Å². The zero-order valence-corrected chi connectivity index (χ0v) is 15.6. The molecule has 6 heteroatoms. The van der Waals surface area contributed by atoms with E-state index in [2.05, 4.69) is 38.7 Å². The van der Waals surface area contributed by atoms with E-state index in [0.717, 1.165) is 42.5 Å². The third kappa shape index (κ3) is 3.76. The van der Waals surface area contributed by atoms with E-state index in [1.54, 1.807) is 12.4 Å². The molecule has 4 rings (SSSR count). The molecular weight excluding hydrogens is 342 g/mol. The van der Waals surface area contributed by atoms with E-state index < -0.39 is 0 Å². The van der Waals surface area contributed by atoms with Gasteiger partial charge in [-0.2, -0.15) is 5.10 Å². The first-order valence-corrected chi connectivity index (χ1v) is 9.56. The molecule has 0 amide bonds. The second kappa shape index (κ2) is 7.93. The Hall–Kier alpha value is -2.31. The van der Waals surface area contributed by atoms with Crippen LogP contribution in [-0.2, 0) is 13.2 Å². The Morgan fingerprint density at radius 2 is 1.65 bits per heavy atom. The first-order chi connectivity index (χ1) is 12.8. The van der Waals surface area contributed by atoms with Crippen molar-refractivity contribution in [2.24, 2.45) is 0 Å². The van der Waals surface area contributed by atoms with Crippen LogP contribution in [0.4, 0.5) is 0 Å². The standard InChI is InChI=1S/C20H23N5S/c26-20-24(15-17-7-3-1-4-8-17)19(18-9-11-21-12-10-18)22-25(20)16-23-13-5-2-6-14-23/h1,3-4,7-12H,2,5-6,13-16H2. The number of likely N-dealkylation sites (tertiary alicyclic amines) is 1. The van der Waals surface area contributed by atoms with Gasteiger partial charge in [-0.15, -0.1) is 0 Å². The van der Waals surface area contributed by atoms with Crippen LogP contribution in [-0.4, -0.2) is 37.3 Å². The molecular formula is C20H23N5S. The Labute approximate surface area is 158 Å². The molecule has 1 aliphatic rings. The SMILES string of the molecule is S=c1n(CN2CCCCC2)nc(-c2ccncc2)n1Cc1ccccc1. The summed E-state index contributed by atoms with van der Waals surface area (Å²) in [6, 6.07) is 14.4. The van der Waals surface area contributed by atoms with Crippen LogP contribution in [0.5, 0.6) is 0 Å². The molecule has 1 aliphatic heterocycles. The summed E-state index contributed by atoms with van der Waals surface area (Å²) in [7, 11) is 0. The normalized spacial score (nSPS) is 15.2. The van der Waals surface area contributed by atoms with Crippen molar-refractivity contribution in [3.63, 3.8) is 0 Å². The predicted octanol–water partition coefficient (Wildman–Crippen LogP) is 3.97. The number of pyridine rings is 1. The van der Waals surface area contributed by atoms with Crippen LogP contribution in [0, 0.1) is 4.77 Å². The van der Waals surface area contributed by atoms with E-state index in [1.165, 1.54) is 24.8 Å². The summed E-state index contributed by atoms with van der Waals surface area (Å²) in [4.78, 5) is 6.57. The lowest BCUT2D eigenvalue weighted by Gasteiger charge is -2.25. The smallest absolute Gasteiger partial charge is 0.199 e. The lowest BCUT2D eigenvalue weighted by atomic mass is 10.1. The fraction of sp³-hybridized carbons (Fsp3) is 0.350. The van der Waals surface area contributed by atoms with Crippen LogP contribution < -0.4 is 0 Å². The fourth-order valence-electron chi connectivity index (χ4n) is 3.45. The maximum atomic E-state index is 5.80. The van der Waals surface area contributed by atoms with Crippen LogP contribution >= 0.6 is 12.2 Å². The molecule has 1 aromatic carbocycles. The predicted molar refractivity (Wildman–Crippen MR) is 105 cm³/mol. The second-order valence-electron chi connectivity index (χ2n) is 6.73. The Morgan fingerprint density at radius 1 is 0.923 bits per heavy atom. The summed E-state index contributed by atoms with van der Waals surface area (Å²) in [5.41, 5.74) is 2.26. The minimum atomic E-state index is 0.720. The highest BCUT2D eigenvalue weighted by Crippen LogP contribution is 2.20. The molecule has 2 aromatic heterocycles. The van der Waals surface area contributed by atoms with Gasteiger partial charge in [0.15, 0.2) is 10.6 Å². The van der Waals surface area contributed by atoms with Crippen LogP contribution in [0.1, 0.15) is 24.8 Å². The van der Waals surface area contributed by atoms with Crippen molar-refractivity contribution >= 4 is 12.2 Å². The lowest BCUT2D eigenvalue weighted by Crippen LogP contribution is -2.32. The summed E-state index contributed by atoms with van der Waals surface area (Å²) in [6.45, 7) is 3.73. The van der Waals surface area contributed by atoms with E-state index in [1.807, 2.05) is 22.9 Å². The van der Waals surface area contributed by atoms with Gasteiger partial charge in [-0.25, -0.2) is 4.68 Å². The van der Waals surface area contributed by atoms with Crippen LogP contribution in [0.3, 0.4) is 0 Å². The number of benzene rings is 1. The summed E-state index contributed by atoms with van der Waals surface area (Å²) in [6.07, 6.45) is 7.45. The van der Waals surface area contributed by atoms with Gasteiger partial charge in [-0.1, -0.05) is 36.8 Å². The minimum absolute atomic E-state index is 0.720. The number of piperidine rings is 1. The Morgan fingerprint density at radius 3 is 2.38 bits per heavy atom. The summed E-state index contributed by atoms with van der Waals surface area (Å²) < 4.78 is 4.87. The monoisotopic (exact) mass is 365 g/mol. The molecule has 0 spiro atoms. The number of rotatable bonds is 5. The second-order valence-corrected chi connectivity index (χ2v) is 7.10. The van der Waals surface area contributed by atoms with Gasteiger partial charge in [0.2, 0.25) is 0 Å². The summed E-state index contributed by atoms with van der Waals surface area (Å²) >= 11 is 5.80. The molecule has 0 N–H and O–H groups in total. The number of hydrogen-bond acceptors (Lipinski definition) is 4. The minimum Gasteiger partial charge on any atom is -0.295 e. The van der Waals surface area contributed by atoms with Crippen molar-refractivity contribution in [1.29, 1.82) is 0 Å². The van der Waals surface area contributed by atoms with Crippen LogP contribution in [0.15, 0.2) is 54.9 Å². The van der Waals surface area contributed by atoms with E-state index in [0.29, 0.717) is 0 Å². The molecule has 0 unspecified atom stereocenters. The quantitative estimate of drug-likeness (QED) is 0.642. The van der Waals surface area contributed by atoms with Crippen molar-refractivity contribution in [2.45, 2.75) is 32.5 Å². The van der Waals surface area contributed by atoms with Gasteiger partial charge < -0.3 is 0 Å². The molecule has 5 nitrogen and oxygen atoms in total. The van der Waals surface area contributed by atoms with Gasteiger partial charge in [0.25, 0.3) is 0 Å². The zero-order valence-electron chi connectivity index (χ0n) is 14.8. The average molecular weight is 366 g/mol. The maximum absolute atomic E-state index is 5.80. The molecule has 0 bridgehead atoms. The van der Waals surface area contributed by atoms with E-state index in [-0.39, 0.29) is 0 Å². The third-order valence-electron chi connectivity index (χ3n) is 4.83. The average Bonchev–Trinajstić information content (AvgIpc) is 3.00. The molecule has 1 saturated heterocycles. The highest BCUT2D eigenvalue weighted by molar-refractivity contribution is 7.71. The van der Waals surface area contributed by atoms with Crippen molar-refractivity contribution in [2.75, 3.05) is 13.1 Å². The highest BCUT2D eigenvalue weighted by atomic mass is 32.1. The molecule has 0 atom stereocenters. The Kier molecular flexibility index (Phi) is 5.22. The van der Waals surface area contributed by atoms with Crippen LogP contribution in [0.25, 0.3) is 11.4 Å². The molecule has 0 aliphatic carbocycles. The number of hydrogen-bond donors (Lipinski definition) is 0. The lowest BCUT2D eigenvalue weighted by molar-refractivity contribution is 0.172. The third-order valence-corrected chi connectivity index (χ3v) is 5.26. The Balaban J connectivity index is 1.71. The molecule has 3 heterocycles. The van der Waals surface area contributed by atoms with Crippen LogP contribution in [0.2, 0.25) is 0 Å². The highest BCUT2D eigenvalue weighted by Gasteiger charge is 2.16. The van der Waals surface area contributed by atoms with Crippen molar-refractivity contribution in [3.05, 3.63) is 65.2 Å². The van der Waals surface area contributed by atoms with Gasteiger partial charge in [0.05, 0.1) is 13.2 Å². The molecule has 26 heavy (non-hydrogen) atoms. The Bertz CT molecular complexity index is 895. The topological polar surface area (TPSA) is 38.9 Å². The maximum Gasteiger partial charge on any atom is 0.199 e. The van der Waals surface area contributed by atoms with Gasteiger partial charge in [-0.05, 0) is 55.8 Å². The van der Waals surface area contributed by atoms with Crippen molar-refractivity contribution < 1.29 is 0 Å². The van der Waals surface area contributed by atoms with E-state index in [4.69, 9.17) is 17.3 Å². The van der Waals surface area contributed by atoms with Gasteiger partial charge in [0.1, 0.15) is 0 Å². The largest absolute Gasteiger partial charge is 0.295 e. The van der Waals surface area contributed by atoms with Gasteiger partial charge >= 0.3 is 0 Å². The molecule has 3 aromatic rings. The van der Waals surface area contributed by atoms with Crippen molar-refractivity contribution in [3.8, 4) is 11.4 Å². The molecule has 1 fully saturated rings. The summed E-state index contributed by atoms with van der Waals surface area (Å²) in [5, 5.41) is 4.88. The molecule has 134 valence electrons. The van der Waals surface area contributed by atoms with E-state index >= 15 is 0 Å².